The Labute approximate surface area is 317 Å². The monoisotopic (exact) mass is 790 g/mol. The van der Waals surface area contributed by atoms with Crippen molar-refractivity contribution in [1.82, 2.24) is 41.7 Å². The summed E-state index contributed by atoms with van der Waals surface area (Å²) in [5, 5.41) is 21.3. The number of benzene rings is 1. The lowest BCUT2D eigenvalue weighted by atomic mass is 10.1. The Balaban J connectivity index is -0.000000451. The van der Waals surface area contributed by atoms with E-state index in [1.807, 2.05) is 0 Å². The molecule has 0 bridgehead atoms. The molecule has 8 nitrogen and oxygen atoms in total. The SMILES string of the molecule is Cl.Cl.Cl.Cl.Cl.Cl.Cl.Cl.c1cc(CN2CCCNCCNCCCNCC2)ccc1CN1CCCNCCNCCNCCC1. The van der Waals surface area contributed by atoms with E-state index in [1.54, 1.807) is 0 Å². The van der Waals surface area contributed by atoms with E-state index in [9.17, 15) is 0 Å². The third-order valence-corrected chi connectivity index (χ3v) is 7.07. The van der Waals surface area contributed by atoms with E-state index in [-0.39, 0.29) is 99.3 Å². The molecule has 0 saturated carbocycles. The van der Waals surface area contributed by atoms with Gasteiger partial charge in [0, 0.05) is 65.4 Å². The molecule has 0 aliphatic carbocycles. The maximum absolute atomic E-state index is 3.63. The van der Waals surface area contributed by atoms with E-state index in [1.165, 1.54) is 36.8 Å². The van der Waals surface area contributed by atoms with E-state index in [2.05, 4.69) is 66.0 Å². The van der Waals surface area contributed by atoms with E-state index in [4.69, 9.17) is 0 Å². The Hall–Kier alpha value is 1.22. The average molecular weight is 794 g/mol. The van der Waals surface area contributed by atoms with Crippen molar-refractivity contribution >= 4 is 99.3 Å². The molecule has 3 rings (SSSR count). The largest absolute Gasteiger partial charge is 0.315 e. The first-order chi connectivity index (χ1) is 17.9. The number of rotatable bonds is 4. The fourth-order valence-corrected chi connectivity index (χ4v) is 4.95. The molecule has 2 heterocycles. The third kappa shape index (κ3) is 29.4. The zero-order chi connectivity index (χ0) is 24.9. The maximum atomic E-state index is 3.63. The van der Waals surface area contributed by atoms with E-state index in [0.717, 1.165) is 118 Å². The van der Waals surface area contributed by atoms with Crippen LogP contribution >= 0.6 is 99.3 Å². The molecule has 0 amide bonds. The van der Waals surface area contributed by atoms with Gasteiger partial charge in [-0.3, -0.25) is 9.80 Å². The minimum absolute atomic E-state index is 0. The van der Waals surface area contributed by atoms with Gasteiger partial charge in [0.25, 0.3) is 0 Å². The van der Waals surface area contributed by atoms with E-state index < -0.39 is 0 Å². The number of hydrogen-bond donors (Lipinski definition) is 6. The van der Waals surface area contributed by atoms with Crippen LogP contribution < -0.4 is 31.9 Å². The second kappa shape index (κ2) is 40.4. The molecule has 0 radical (unpaired) electrons. The van der Waals surface area contributed by atoms with Crippen LogP contribution in [0.2, 0.25) is 0 Å². The van der Waals surface area contributed by atoms with Crippen LogP contribution in [0.3, 0.4) is 0 Å². The Morgan fingerprint density at radius 1 is 0.341 bits per heavy atom. The lowest BCUT2D eigenvalue weighted by molar-refractivity contribution is 0.255. The van der Waals surface area contributed by atoms with Crippen molar-refractivity contribution < 1.29 is 0 Å². The summed E-state index contributed by atoms with van der Waals surface area (Å²) in [6.45, 7) is 19.6. The van der Waals surface area contributed by atoms with Crippen molar-refractivity contribution in [3.63, 3.8) is 0 Å². The van der Waals surface area contributed by atoms with Crippen LogP contribution in [0, 0.1) is 0 Å². The van der Waals surface area contributed by atoms with E-state index in [0.29, 0.717) is 0 Å². The molecule has 2 saturated heterocycles. The topological polar surface area (TPSA) is 78.7 Å². The summed E-state index contributed by atoms with van der Waals surface area (Å²) in [5.74, 6) is 0. The van der Waals surface area contributed by atoms with Crippen molar-refractivity contribution in [3.05, 3.63) is 35.4 Å². The smallest absolute Gasteiger partial charge is 0.0234 e. The zero-order valence-corrected chi connectivity index (χ0v) is 32.6. The number of hydrogen-bond acceptors (Lipinski definition) is 8. The van der Waals surface area contributed by atoms with Gasteiger partial charge in [-0.15, -0.1) is 99.3 Å². The Morgan fingerprint density at radius 3 is 0.977 bits per heavy atom. The summed E-state index contributed by atoms with van der Waals surface area (Å²) in [4.78, 5) is 5.25. The number of nitrogens with one attached hydrogen (secondary N) is 6. The van der Waals surface area contributed by atoms with Crippen molar-refractivity contribution in [2.75, 3.05) is 105 Å². The van der Waals surface area contributed by atoms with Crippen LogP contribution in [-0.2, 0) is 13.1 Å². The van der Waals surface area contributed by atoms with Crippen molar-refractivity contribution in [2.45, 2.75) is 38.8 Å². The molecule has 16 heteroatoms. The molecule has 44 heavy (non-hydrogen) atoms. The van der Waals surface area contributed by atoms with Crippen molar-refractivity contribution in [1.29, 1.82) is 0 Å². The molecule has 0 atom stereocenters. The predicted octanol–water partition coefficient (Wildman–Crippen LogP) is 3.79. The quantitative estimate of drug-likeness (QED) is 0.276. The van der Waals surface area contributed by atoms with Crippen LogP contribution in [0.25, 0.3) is 0 Å². The lowest BCUT2D eigenvalue weighted by Gasteiger charge is -2.24. The summed E-state index contributed by atoms with van der Waals surface area (Å²) in [5.41, 5.74) is 2.87. The predicted molar refractivity (Wildman–Crippen MR) is 211 cm³/mol. The molecular formula is C28H62Cl8N8. The summed E-state index contributed by atoms with van der Waals surface area (Å²) >= 11 is 0. The molecule has 2 aliphatic heterocycles. The van der Waals surface area contributed by atoms with Crippen LogP contribution in [0.4, 0.5) is 0 Å². The highest BCUT2D eigenvalue weighted by molar-refractivity contribution is 5.86. The first-order valence-electron chi connectivity index (χ1n) is 14.7. The maximum Gasteiger partial charge on any atom is 0.0234 e. The molecule has 1 aromatic carbocycles. The minimum Gasteiger partial charge on any atom is -0.315 e. The van der Waals surface area contributed by atoms with Gasteiger partial charge in [-0.1, -0.05) is 24.3 Å². The number of nitrogens with zero attached hydrogens (tertiary/aromatic N) is 2. The minimum atomic E-state index is 0. The second-order valence-corrected chi connectivity index (χ2v) is 10.3. The van der Waals surface area contributed by atoms with Gasteiger partial charge >= 0.3 is 0 Å². The van der Waals surface area contributed by atoms with Gasteiger partial charge in [0.05, 0.1) is 0 Å². The van der Waals surface area contributed by atoms with Crippen LogP contribution in [0.15, 0.2) is 24.3 Å². The van der Waals surface area contributed by atoms with Crippen LogP contribution in [-0.4, -0.2) is 115 Å². The Kier molecular flexibility index (Phi) is 52.8. The first kappa shape index (κ1) is 57.5. The van der Waals surface area contributed by atoms with Gasteiger partial charge in [-0.25, -0.2) is 0 Å². The second-order valence-electron chi connectivity index (χ2n) is 10.3. The Bertz CT molecular complexity index is 588. The summed E-state index contributed by atoms with van der Waals surface area (Å²) in [6, 6.07) is 9.44. The van der Waals surface area contributed by atoms with Gasteiger partial charge in [0.2, 0.25) is 0 Å². The summed E-state index contributed by atoms with van der Waals surface area (Å²) < 4.78 is 0. The van der Waals surface area contributed by atoms with E-state index >= 15 is 0 Å². The lowest BCUT2D eigenvalue weighted by Crippen LogP contribution is -2.36. The molecular weight excluding hydrogens is 732 g/mol. The summed E-state index contributed by atoms with van der Waals surface area (Å²) in [7, 11) is 0. The normalized spacial score (nSPS) is 18.7. The zero-order valence-electron chi connectivity index (χ0n) is 26.0. The standard InChI is InChI=1S/C28H54N8.8ClH/c1-9-29-14-15-30-13-4-23-36(24-20-33-10-1)26-28-7-5-27(6-8-28)25-35-21-2-11-31-16-18-34-19-17-32-12-3-22-35;;;;;;;;/h5-8,29-34H,1-4,9-26H2;8*1H. The fraction of sp³-hybridized carbons (Fsp3) is 0.786. The number of halogens is 8. The van der Waals surface area contributed by atoms with Crippen molar-refractivity contribution in [2.24, 2.45) is 0 Å². The average Bonchev–Trinajstić information content (AvgIpc) is 2.89. The molecule has 0 spiro atoms. The molecule has 6 N–H and O–H groups in total. The fourth-order valence-electron chi connectivity index (χ4n) is 4.95. The van der Waals surface area contributed by atoms with Crippen LogP contribution in [0.1, 0.15) is 36.8 Å². The molecule has 0 unspecified atom stereocenters. The van der Waals surface area contributed by atoms with Crippen molar-refractivity contribution in [3.8, 4) is 0 Å². The van der Waals surface area contributed by atoms with Gasteiger partial charge in [0.1, 0.15) is 0 Å². The Morgan fingerprint density at radius 2 is 0.614 bits per heavy atom. The van der Waals surface area contributed by atoms with Gasteiger partial charge < -0.3 is 31.9 Å². The molecule has 2 fully saturated rings. The van der Waals surface area contributed by atoms with Crippen LogP contribution in [0.5, 0.6) is 0 Å². The third-order valence-electron chi connectivity index (χ3n) is 7.07. The molecule has 270 valence electrons. The highest BCUT2D eigenvalue weighted by Crippen LogP contribution is 2.11. The highest BCUT2D eigenvalue weighted by atomic mass is 35.5. The molecule has 0 aromatic heterocycles. The summed E-state index contributed by atoms with van der Waals surface area (Å²) in [6.07, 6.45) is 4.82. The van der Waals surface area contributed by atoms with Gasteiger partial charge in [0.15, 0.2) is 0 Å². The molecule has 1 aromatic rings. The molecule has 2 aliphatic rings. The first-order valence-corrected chi connectivity index (χ1v) is 14.7. The van der Waals surface area contributed by atoms with Gasteiger partial charge in [-0.05, 0) is 89.2 Å². The van der Waals surface area contributed by atoms with Gasteiger partial charge in [-0.2, -0.15) is 0 Å². The highest BCUT2D eigenvalue weighted by Gasteiger charge is 2.09.